The van der Waals surface area contributed by atoms with Crippen LogP contribution in [-0.4, -0.2) is 12.7 Å². The van der Waals surface area contributed by atoms with Crippen LogP contribution in [0.1, 0.15) is 20.8 Å². The van der Waals surface area contributed by atoms with Crippen molar-refractivity contribution in [3.8, 4) is 0 Å². The minimum absolute atomic E-state index is 0.0167. The first kappa shape index (κ1) is 9.80. The molecule has 0 saturated heterocycles. The Labute approximate surface area is 77.5 Å². The zero-order chi connectivity index (χ0) is 9.19. The minimum atomic E-state index is -0.0167. The predicted octanol–water partition coefficient (Wildman–Crippen LogP) is 2.14. The van der Waals surface area contributed by atoms with Crippen LogP contribution >= 0.6 is 7.80 Å². The van der Waals surface area contributed by atoms with E-state index in [2.05, 4.69) is 58.7 Å². The smallest absolute Gasteiger partial charge is 0.113 e. The molecule has 12 heavy (non-hydrogen) atoms. The maximum Gasteiger partial charge on any atom is 0.140 e. The van der Waals surface area contributed by atoms with E-state index < -0.39 is 0 Å². The Morgan fingerprint density at radius 3 is 2.00 bits per heavy atom. The zero-order valence-corrected chi connectivity index (χ0v) is 9.23. The number of hydrogen-bond donors (Lipinski definition) is 0. The van der Waals surface area contributed by atoms with Crippen LogP contribution in [0.3, 0.4) is 0 Å². The first-order valence-corrected chi connectivity index (χ1v) is 6.09. The molecule has 64 valence electrons. The highest BCUT2D eigenvalue weighted by molar-refractivity contribution is 7.89. The quantitative estimate of drug-likeness (QED) is 0.456. The molecule has 0 fully saturated rings. The van der Waals surface area contributed by atoms with E-state index in [1.165, 1.54) is 5.30 Å². The monoisotopic (exact) mass is 178 g/mol. The van der Waals surface area contributed by atoms with Crippen LogP contribution in [0.25, 0.3) is 0 Å². The van der Waals surface area contributed by atoms with Gasteiger partial charge < -0.3 is 0 Å². The molecule has 0 radical (unpaired) electrons. The van der Waals surface area contributed by atoms with Gasteiger partial charge in [0.1, 0.15) is 7.57 Å². The number of hydrogen-bond acceptors (Lipinski definition) is 0. The second kappa shape index (κ2) is 3.62. The van der Waals surface area contributed by atoms with Gasteiger partial charge in [-0.1, -0.05) is 51.1 Å². The fourth-order valence-corrected chi connectivity index (χ4v) is 2.43. The van der Waals surface area contributed by atoms with Gasteiger partial charge in [-0.3, -0.25) is 0 Å². The third-order valence-electron chi connectivity index (χ3n) is 2.15. The Morgan fingerprint density at radius 2 is 1.58 bits per heavy atom. The molecule has 1 aromatic carbocycles. The Balaban J connectivity index is 2.86. The molecule has 0 aliphatic heterocycles. The lowest BCUT2D eigenvalue weighted by molar-refractivity contribution is 0.796. The summed E-state index contributed by atoms with van der Waals surface area (Å²) < 4.78 is 0. The average Bonchev–Trinajstić information content (AvgIpc) is 2.03. The van der Waals surface area contributed by atoms with Crippen molar-refractivity contribution in [3.05, 3.63) is 30.3 Å². The molecule has 0 saturated carbocycles. The molecule has 0 N–H and O–H groups in total. The molecule has 0 nitrogen and oxygen atoms in total. The van der Waals surface area contributed by atoms with E-state index in [0.29, 0.717) is 5.16 Å². The first-order chi connectivity index (χ1) is 5.52. The summed E-state index contributed by atoms with van der Waals surface area (Å²) in [6, 6.07) is 10.8. The van der Waals surface area contributed by atoms with Crippen molar-refractivity contribution in [2.75, 3.05) is 0 Å². The summed E-state index contributed by atoms with van der Waals surface area (Å²) in [5.74, 6) is 0. The van der Waals surface area contributed by atoms with E-state index in [9.17, 15) is 0 Å². The molecule has 1 unspecified atom stereocenters. The Bertz CT molecular complexity index is 238. The van der Waals surface area contributed by atoms with Crippen LogP contribution in [0.15, 0.2) is 30.3 Å². The molecule has 1 rings (SSSR count). The predicted molar refractivity (Wildman–Crippen MR) is 61.3 cm³/mol. The summed E-state index contributed by atoms with van der Waals surface area (Å²) >= 11 is 0. The molecule has 0 heterocycles. The van der Waals surface area contributed by atoms with Crippen molar-refractivity contribution in [2.24, 2.45) is 0 Å². The van der Waals surface area contributed by atoms with Gasteiger partial charge in [0.15, 0.2) is 0 Å². The standard InChI is InChI=1S/C10H16BP/c1-10(2,3)12(11)9-7-5-4-6-8-9/h4-8H,11H2,1-3H3. The summed E-state index contributed by atoms with van der Waals surface area (Å²) in [5, 5.41) is 1.93. The highest BCUT2D eigenvalue weighted by Gasteiger charge is 2.19. The largest absolute Gasteiger partial charge is 0.140 e. The summed E-state index contributed by atoms with van der Waals surface area (Å²) in [6.45, 7) is 6.93. The average molecular weight is 178 g/mol. The molecule has 2 heteroatoms. The highest BCUT2D eigenvalue weighted by Crippen LogP contribution is 2.43. The van der Waals surface area contributed by atoms with E-state index >= 15 is 0 Å². The summed E-state index contributed by atoms with van der Waals surface area (Å²) in [6.07, 6.45) is 0. The van der Waals surface area contributed by atoms with E-state index in [0.717, 1.165) is 0 Å². The summed E-state index contributed by atoms with van der Waals surface area (Å²) in [4.78, 5) is 0. The number of benzene rings is 1. The lowest BCUT2D eigenvalue weighted by atomic mass is 10.3. The zero-order valence-electron chi connectivity index (χ0n) is 8.33. The van der Waals surface area contributed by atoms with Crippen molar-refractivity contribution < 1.29 is 0 Å². The number of rotatable bonds is 1. The SMILES string of the molecule is BP(c1ccccc1)C(C)(C)C. The van der Waals surface area contributed by atoms with Crippen LogP contribution in [0, 0.1) is 0 Å². The van der Waals surface area contributed by atoms with E-state index in [4.69, 9.17) is 0 Å². The molecule has 0 amide bonds. The molecule has 1 atom stereocenters. The molecule has 0 aliphatic carbocycles. The van der Waals surface area contributed by atoms with Crippen molar-refractivity contribution in [1.82, 2.24) is 0 Å². The fraction of sp³-hybridized carbons (Fsp3) is 0.400. The minimum Gasteiger partial charge on any atom is -0.113 e. The molecule has 0 spiro atoms. The van der Waals surface area contributed by atoms with Crippen LogP contribution < -0.4 is 5.30 Å². The molecule has 0 aromatic heterocycles. The van der Waals surface area contributed by atoms with Gasteiger partial charge in [0.2, 0.25) is 0 Å². The maximum absolute atomic E-state index is 2.35. The maximum atomic E-state index is 2.35. The van der Waals surface area contributed by atoms with Crippen LogP contribution in [0.4, 0.5) is 0 Å². The Hall–Kier alpha value is -0.285. The van der Waals surface area contributed by atoms with Gasteiger partial charge in [-0.2, -0.15) is 0 Å². The summed E-state index contributed by atoms with van der Waals surface area (Å²) in [5.41, 5.74) is 0. The third kappa shape index (κ3) is 2.35. The third-order valence-corrected chi connectivity index (χ3v) is 5.23. The molecular weight excluding hydrogens is 162 g/mol. The van der Waals surface area contributed by atoms with Crippen molar-refractivity contribution in [2.45, 2.75) is 25.9 Å². The normalized spacial score (nSPS) is 14.2. The van der Waals surface area contributed by atoms with Gasteiger partial charge in [0, 0.05) is 0 Å². The molecular formula is C10H16BP. The topological polar surface area (TPSA) is 0 Å². The van der Waals surface area contributed by atoms with E-state index in [1.807, 2.05) is 0 Å². The first-order valence-electron chi connectivity index (χ1n) is 4.31. The summed E-state index contributed by atoms with van der Waals surface area (Å²) in [7, 11) is 2.34. The van der Waals surface area contributed by atoms with Gasteiger partial charge in [-0.15, -0.1) is 7.80 Å². The van der Waals surface area contributed by atoms with Crippen LogP contribution in [0.2, 0.25) is 0 Å². The lowest BCUT2D eigenvalue weighted by Crippen LogP contribution is -2.18. The lowest BCUT2D eigenvalue weighted by Gasteiger charge is -2.28. The van der Waals surface area contributed by atoms with Gasteiger partial charge >= 0.3 is 0 Å². The molecule has 1 aromatic rings. The van der Waals surface area contributed by atoms with E-state index in [1.54, 1.807) is 0 Å². The van der Waals surface area contributed by atoms with Crippen molar-refractivity contribution in [3.63, 3.8) is 0 Å². The highest BCUT2D eigenvalue weighted by atomic mass is 31.1. The van der Waals surface area contributed by atoms with E-state index in [-0.39, 0.29) is 7.80 Å². The Morgan fingerprint density at radius 1 is 1.08 bits per heavy atom. The molecule has 0 bridgehead atoms. The second-order valence-electron chi connectivity index (χ2n) is 4.07. The Kier molecular flexibility index (Phi) is 2.96. The van der Waals surface area contributed by atoms with Gasteiger partial charge in [0.25, 0.3) is 0 Å². The van der Waals surface area contributed by atoms with Crippen LogP contribution in [0.5, 0.6) is 0 Å². The van der Waals surface area contributed by atoms with Crippen molar-refractivity contribution >= 4 is 20.7 Å². The van der Waals surface area contributed by atoms with Gasteiger partial charge in [0.05, 0.1) is 0 Å². The second-order valence-corrected chi connectivity index (χ2v) is 7.04. The molecule has 0 aliphatic rings. The van der Waals surface area contributed by atoms with Crippen LogP contribution in [-0.2, 0) is 0 Å². The van der Waals surface area contributed by atoms with Gasteiger partial charge in [-0.05, 0) is 10.5 Å². The fourth-order valence-electron chi connectivity index (χ4n) is 1.04. The van der Waals surface area contributed by atoms with Gasteiger partial charge in [-0.25, -0.2) is 0 Å². The van der Waals surface area contributed by atoms with Crippen molar-refractivity contribution in [1.29, 1.82) is 0 Å².